The van der Waals surface area contributed by atoms with Gasteiger partial charge in [0, 0.05) is 24.9 Å². The molecule has 1 aliphatic rings. The molecule has 0 saturated carbocycles. The van der Waals surface area contributed by atoms with E-state index in [2.05, 4.69) is 33.8 Å². The lowest BCUT2D eigenvalue weighted by Gasteiger charge is -2.26. The molecule has 0 aliphatic heterocycles. The first kappa shape index (κ1) is 11.5. The first-order chi connectivity index (χ1) is 8.88. The van der Waals surface area contributed by atoms with E-state index in [-0.39, 0.29) is 0 Å². The molecule has 0 spiro atoms. The minimum Gasteiger partial charge on any atom is -0.333 e. The molecule has 94 valence electrons. The van der Waals surface area contributed by atoms with Crippen LogP contribution >= 0.6 is 0 Å². The first-order valence-electron chi connectivity index (χ1n) is 6.66. The van der Waals surface area contributed by atoms with Gasteiger partial charge < -0.3 is 10.3 Å². The Morgan fingerprint density at radius 2 is 2.22 bits per heavy atom. The van der Waals surface area contributed by atoms with E-state index < -0.39 is 0 Å². The van der Waals surface area contributed by atoms with Gasteiger partial charge in [-0.05, 0) is 30.4 Å². The Bertz CT molecular complexity index is 530. The van der Waals surface area contributed by atoms with E-state index in [0.717, 1.165) is 12.4 Å². The third-order valence-electron chi connectivity index (χ3n) is 3.89. The van der Waals surface area contributed by atoms with Crippen molar-refractivity contribution in [3.63, 3.8) is 0 Å². The maximum atomic E-state index is 5.71. The number of rotatable bonds is 3. The molecule has 0 saturated heterocycles. The van der Waals surface area contributed by atoms with Crippen molar-refractivity contribution < 1.29 is 0 Å². The normalized spacial score (nSPS) is 18.6. The molecule has 18 heavy (non-hydrogen) atoms. The monoisotopic (exact) mass is 241 g/mol. The summed E-state index contributed by atoms with van der Waals surface area (Å²) in [5, 5.41) is 0. The summed E-state index contributed by atoms with van der Waals surface area (Å²) in [6, 6.07) is 8.83. The Morgan fingerprint density at radius 1 is 1.33 bits per heavy atom. The lowest BCUT2D eigenvalue weighted by atomic mass is 9.83. The Kier molecular flexibility index (Phi) is 3.15. The number of fused-ring (bicyclic) bond motifs is 1. The van der Waals surface area contributed by atoms with Gasteiger partial charge in [0.05, 0.1) is 6.54 Å². The maximum Gasteiger partial charge on any atom is 0.122 e. The predicted molar refractivity (Wildman–Crippen MR) is 72.2 cm³/mol. The summed E-state index contributed by atoms with van der Waals surface area (Å²) in [6.07, 6.45) is 7.66. The highest BCUT2D eigenvalue weighted by Gasteiger charge is 2.20. The van der Waals surface area contributed by atoms with Gasteiger partial charge in [-0.25, -0.2) is 4.98 Å². The molecule has 3 heteroatoms. The molecule has 1 heterocycles. The molecule has 0 bridgehead atoms. The number of nitrogens with two attached hydrogens (primary N) is 1. The molecule has 1 aromatic heterocycles. The number of imidazole rings is 1. The SMILES string of the molecule is NCc1nccn1CC1CCCc2ccccc21. The van der Waals surface area contributed by atoms with Crippen LogP contribution in [0.4, 0.5) is 0 Å². The minimum atomic E-state index is 0.515. The molecule has 2 N–H and O–H groups in total. The topological polar surface area (TPSA) is 43.8 Å². The largest absolute Gasteiger partial charge is 0.333 e. The fraction of sp³-hybridized carbons (Fsp3) is 0.400. The van der Waals surface area contributed by atoms with Crippen molar-refractivity contribution in [1.82, 2.24) is 9.55 Å². The van der Waals surface area contributed by atoms with E-state index >= 15 is 0 Å². The van der Waals surface area contributed by atoms with Crippen molar-refractivity contribution in [2.75, 3.05) is 0 Å². The molecule has 1 atom stereocenters. The zero-order valence-electron chi connectivity index (χ0n) is 10.5. The van der Waals surface area contributed by atoms with E-state index in [4.69, 9.17) is 5.73 Å². The second kappa shape index (κ2) is 4.94. The van der Waals surface area contributed by atoms with Crippen molar-refractivity contribution in [1.29, 1.82) is 0 Å². The highest BCUT2D eigenvalue weighted by Crippen LogP contribution is 2.32. The van der Waals surface area contributed by atoms with Crippen molar-refractivity contribution in [2.24, 2.45) is 5.73 Å². The van der Waals surface area contributed by atoms with E-state index in [0.29, 0.717) is 12.5 Å². The summed E-state index contributed by atoms with van der Waals surface area (Å²) in [7, 11) is 0. The zero-order chi connectivity index (χ0) is 12.4. The van der Waals surface area contributed by atoms with Crippen LogP contribution in [0.15, 0.2) is 36.7 Å². The van der Waals surface area contributed by atoms with Crippen LogP contribution in [0.3, 0.4) is 0 Å². The summed E-state index contributed by atoms with van der Waals surface area (Å²) in [6.45, 7) is 1.52. The van der Waals surface area contributed by atoms with Crippen LogP contribution in [0.25, 0.3) is 0 Å². The molecule has 0 radical (unpaired) electrons. The molecule has 0 fully saturated rings. The highest BCUT2D eigenvalue weighted by molar-refractivity contribution is 5.32. The van der Waals surface area contributed by atoms with Gasteiger partial charge in [-0.2, -0.15) is 0 Å². The number of aryl methyl sites for hydroxylation is 1. The van der Waals surface area contributed by atoms with Crippen LogP contribution in [-0.4, -0.2) is 9.55 Å². The average Bonchev–Trinajstić information content (AvgIpc) is 2.86. The lowest BCUT2D eigenvalue weighted by molar-refractivity contribution is 0.474. The van der Waals surface area contributed by atoms with Gasteiger partial charge in [-0.1, -0.05) is 24.3 Å². The second-order valence-electron chi connectivity index (χ2n) is 4.99. The molecular formula is C15H19N3. The van der Waals surface area contributed by atoms with Crippen molar-refractivity contribution >= 4 is 0 Å². The summed E-state index contributed by atoms with van der Waals surface area (Å²) in [5.74, 6) is 1.59. The summed E-state index contributed by atoms with van der Waals surface area (Å²) >= 11 is 0. The summed E-state index contributed by atoms with van der Waals surface area (Å²) in [4.78, 5) is 4.29. The molecule has 3 nitrogen and oxygen atoms in total. The summed E-state index contributed by atoms with van der Waals surface area (Å²) in [5.41, 5.74) is 8.74. The molecule has 1 aliphatic carbocycles. The molecule has 2 aromatic rings. The van der Waals surface area contributed by atoms with Crippen molar-refractivity contribution in [3.8, 4) is 0 Å². The Hall–Kier alpha value is -1.61. The quantitative estimate of drug-likeness (QED) is 0.897. The average molecular weight is 241 g/mol. The van der Waals surface area contributed by atoms with E-state index in [1.165, 1.54) is 30.4 Å². The van der Waals surface area contributed by atoms with Crippen LogP contribution in [0, 0.1) is 0 Å². The third-order valence-corrected chi connectivity index (χ3v) is 3.89. The fourth-order valence-corrected chi connectivity index (χ4v) is 2.98. The van der Waals surface area contributed by atoms with Gasteiger partial charge in [-0.3, -0.25) is 0 Å². The molecule has 3 rings (SSSR count). The smallest absolute Gasteiger partial charge is 0.122 e. The Morgan fingerprint density at radius 3 is 3.11 bits per heavy atom. The minimum absolute atomic E-state index is 0.515. The number of benzene rings is 1. The van der Waals surface area contributed by atoms with Crippen molar-refractivity contribution in [2.45, 2.75) is 38.3 Å². The van der Waals surface area contributed by atoms with E-state index in [1.807, 2.05) is 12.4 Å². The third kappa shape index (κ3) is 2.06. The molecule has 1 unspecified atom stereocenters. The molecular weight excluding hydrogens is 222 g/mol. The molecule has 0 amide bonds. The van der Waals surface area contributed by atoms with Gasteiger partial charge in [-0.15, -0.1) is 0 Å². The first-order valence-corrected chi connectivity index (χ1v) is 6.66. The highest BCUT2D eigenvalue weighted by atomic mass is 15.1. The predicted octanol–water partition coefficient (Wildman–Crippen LogP) is 2.46. The lowest BCUT2D eigenvalue weighted by Crippen LogP contribution is -2.17. The van der Waals surface area contributed by atoms with Crippen molar-refractivity contribution in [3.05, 3.63) is 53.6 Å². The van der Waals surface area contributed by atoms with Crippen LogP contribution in [0.1, 0.15) is 35.7 Å². The number of nitrogens with zero attached hydrogens (tertiary/aromatic N) is 2. The van der Waals surface area contributed by atoms with Gasteiger partial charge in [0.25, 0.3) is 0 Å². The molecule has 1 aromatic carbocycles. The second-order valence-corrected chi connectivity index (χ2v) is 4.99. The Labute approximate surface area is 108 Å². The van der Waals surface area contributed by atoms with Crippen LogP contribution in [-0.2, 0) is 19.5 Å². The number of hydrogen-bond acceptors (Lipinski definition) is 2. The number of hydrogen-bond donors (Lipinski definition) is 1. The van der Waals surface area contributed by atoms with E-state index in [1.54, 1.807) is 0 Å². The number of aromatic nitrogens is 2. The van der Waals surface area contributed by atoms with Gasteiger partial charge in [0.1, 0.15) is 5.82 Å². The van der Waals surface area contributed by atoms with Gasteiger partial charge in [0.2, 0.25) is 0 Å². The van der Waals surface area contributed by atoms with Crippen LogP contribution in [0.2, 0.25) is 0 Å². The Balaban J connectivity index is 1.86. The summed E-state index contributed by atoms with van der Waals surface area (Å²) < 4.78 is 2.20. The maximum absolute atomic E-state index is 5.71. The zero-order valence-corrected chi connectivity index (χ0v) is 10.5. The van der Waals surface area contributed by atoms with Gasteiger partial charge >= 0.3 is 0 Å². The fourth-order valence-electron chi connectivity index (χ4n) is 2.98. The van der Waals surface area contributed by atoms with Crippen LogP contribution < -0.4 is 5.73 Å². The van der Waals surface area contributed by atoms with Crippen LogP contribution in [0.5, 0.6) is 0 Å². The van der Waals surface area contributed by atoms with E-state index in [9.17, 15) is 0 Å². The standard InChI is InChI=1S/C15H19N3/c16-10-15-17-8-9-18(15)11-13-6-3-5-12-4-1-2-7-14(12)13/h1-2,4,7-9,13H,3,5-6,10-11,16H2. The van der Waals surface area contributed by atoms with Gasteiger partial charge in [0.15, 0.2) is 0 Å².